The molecule has 1 aliphatic carbocycles. The zero-order valence-corrected chi connectivity index (χ0v) is 15.8. The van der Waals surface area contributed by atoms with Gasteiger partial charge in [0.05, 0.1) is 25.2 Å². The van der Waals surface area contributed by atoms with Gasteiger partial charge in [0.25, 0.3) is 0 Å². The molecule has 2 amide bonds. The van der Waals surface area contributed by atoms with Crippen LogP contribution in [0.4, 0.5) is 0 Å². The highest BCUT2D eigenvalue weighted by molar-refractivity contribution is 6.31. The summed E-state index contributed by atoms with van der Waals surface area (Å²) in [5.41, 5.74) is 0.847. The number of carbonyl (C=O) groups is 2. The van der Waals surface area contributed by atoms with E-state index in [1.165, 1.54) is 0 Å². The third-order valence-corrected chi connectivity index (χ3v) is 5.44. The van der Waals surface area contributed by atoms with E-state index in [1.807, 2.05) is 24.3 Å². The fraction of sp³-hybridized carbons (Fsp3) is 0.500. The van der Waals surface area contributed by atoms with Crippen molar-refractivity contribution in [1.82, 2.24) is 10.6 Å². The predicted octanol–water partition coefficient (Wildman–Crippen LogP) is 1.95. The maximum atomic E-state index is 12.2. The highest BCUT2D eigenvalue weighted by Crippen LogP contribution is 2.27. The summed E-state index contributed by atoms with van der Waals surface area (Å²) in [7, 11) is 0. The van der Waals surface area contributed by atoms with Gasteiger partial charge < -0.3 is 20.5 Å². The van der Waals surface area contributed by atoms with E-state index >= 15 is 0 Å². The molecule has 3 rings (SSSR count). The summed E-state index contributed by atoms with van der Waals surface area (Å²) >= 11 is 6.08. The van der Waals surface area contributed by atoms with E-state index in [0.717, 1.165) is 24.8 Å². The second-order valence-corrected chi connectivity index (χ2v) is 7.42. The summed E-state index contributed by atoms with van der Waals surface area (Å²) in [5, 5.41) is 15.9. The quantitative estimate of drug-likeness (QED) is 0.619. The summed E-state index contributed by atoms with van der Waals surface area (Å²) in [5.74, 6) is -0.0850. The molecule has 1 aromatic rings. The molecule has 146 valence electrons. The van der Waals surface area contributed by atoms with Crippen LogP contribution in [0, 0.1) is 5.92 Å². The Labute approximate surface area is 163 Å². The highest BCUT2D eigenvalue weighted by Gasteiger charge is 2.32. The fourth-order valence-electron chi connectivity index (χ4n) is 3.18. The SMILES string of the molecule is O=C(C[C@@H]1C=C[C@@H](NC(=O)C2CCC2)[C@@H](CO)O1)NCc1ccccc1Cl. The van der Waals surface area contributed by atoms with Gasteiger partial charge in [-0.3, -0.25) is 9.59 Å². The predicted molar refractivity (Wildman–Crippen MR) is 102 cm³/mol. The zero-order chi connectivity index (χ0) is 19.2. The van der Waals surface area contributed by atoms with Gasteiger partial charge in [-0.1, -0.05) is 48.4 Å². The topological polar surface area (TPSA) is 87.7 Å². The van der Waals surface area contributed by atoms with Crippen molar-refractivity contribution in [3.8, 4) is 0 Å². The van der Waals surface area contributed by atoms with Gasteiger partial charge in [0.1, 0.15) is 6.10 Å². The Bertz CT molecular complexity index is 705. The first kappa shape index (κ1) is 19.9. The molecule has 1 aliphatic heterocycles. The lowest BCUT2D eigenvalue weighted by molar-refractivity contribution is -0.132. The first-order valence-corrected chi connectivity index (χ1v) is 9.69. The number of hydrogen-bond acceptors (Lipinski definition) is 4. The zero-order valence-electron chi connectivity index (χ0n) is 15.1. The van der Waals surface area contributed by atoms with Gasteiger partial charge in [0.15, 0.2) is 0 Å². The average molecular weight is 393 g/mol. The van der Waals surface area contributed by atoms with Crippen LogP contribution in [-0.2, 0) is 20.9 Å². The average Bonchev–Trinajstić information content (AvgIpc) is 2.60. The van der Waals surface area contributed by atoms with Crippen molar-refractivity contribution in [2.45, 2.75) is 50.5 Å². The number of aliphatic hydroxyl groups is 1. The van der Waals surface area contributed by atoms with Crippen LogP contribution in [0.1, 0.15) is 31.2 Å². The van der Waals surface area contributed by atoms with E-state index in [9.17, 15) is 14.7 Å². The van der Waals surface area contributed by atoms with Crippen LogP contribution in [0.15, 0.2) is 36.4 Å². The standard InChI is InChI=1S/C20H25ClN2O4/c21-16-7-2-1-4-14(16)11-22-19(25)10-15-8-9-17(18(12-24)27-15)23-20(26)13-5-3-6-13/h1-2,4,7-9,13,15,17-18,24H,3,5-6,10-12H2,(H,22,25)(H,23,26)/t15-,17+,18+/m0/s1. The highest BCUT2D eigenvalue weighted by atomic mass is 35.5. The van der Waals surface area contributed by atoms with Crippen molar-refractivity contribution >= 4 is 23.4 Å². The minimum atomic E-state index is -0.555. The van der Waals surface area contributed by atoms with Gasteiger partial charge in [-0.05, 0) is 24.5 Å². The van der Waals surface area contributed by atoms with E-state index in [0.29, 0.717) is 11.6 Å². The Kier molecular flexibility index (Phi) is 6.88. The van der Waals surface area contributed by atoms with Crippen LogP contribution in [0.3, 0.4) is 0 Å². The van der Waals surface area contributed by atoms with Gasteiger partial charge in [-0.2, -0.15) is 0 Å². The summed E-state index contributed by atoms with van der Waals surface area (Å²) < 4.78 is 5.79. The number of halogens is 1. The maximum absolute atomic E-state index is 12.2. The summed E-state index contributed by atoms with van der Waals surface area (Å²) in [6.07, 6.45) is 5.65. The Hall–Kier alpha value is -1.89. The van der Waals surface area contributed by atoms with E-state index in [2.05, 4.69) is 10.6 Å². The third-order valence-electron chi connectivity index (χ3n) is 5.07. The molecule has 27 heavy (non-hydrogen) atoms. The van der Waals surface area contributed by atoms with Crippen molar-refractivity contribution in [2.24, 2.45) is 5.92 Å². The molecule has 6 nitrogen and oxygen atoms in total. The normalized spacial score (nSPS) is 24.9. The fourth-order valence-corrected chi connectivity index (χ4v) is 3.38. The summed E-state index contributed by atoms with van der Waals surface area (Å²) in [4.78, 5) is 24.3. The maximum Gasteiger partial charge on any atom is 0.223 e. The van der Waals surface area contributed by atoms with Crippen LogP contribution >= 0.6 is 11.6 Å². The molecular weight excluding hydrogens is 368 g/mol. The largest absolute Gasteiger partial charge is 0.394 e. The number of nitrogens with one attached hydrogen (secondary N) is 2. The molecule has 1 fully saturated rings. The molecule has 2 aliphatic rings. The molecule has 0 unspecified atom stereocenters. The lowest BCUT2D eigenvalue weighted by Crippen LogP contribution is -2.51. The molecule has 0 radical (unpaired) electrons. The second-order valence-electron chi connectivity index (χ2n) is 7.01. The van der Waals surface area contributed by atoms with Gasteiger partial charge >= 0.3 is 0 Å². The minimum Gasteiger partial charge on any atom is -0.394 e. The number of ether oxygens (including phenoxy) is 1. The second kappa shape index (κ2) is 9.35. The molecule has 3 N–H and O–H groups in total. The molecule has 0 aromatic heterocycles. The van der Waals surface area contributed by atoms with Crippen molar-refractivity contribution in [3.05, 3.63) is 47.0 Å². The van der Waals surface area contributed by atoms with Gasteiger partial charge in [0.2, 0.25) is 11.8 Å². The molecular formula is C20H25ClN2O4. The lowest BCUT2D eigenvalue weighted by atomic mass is 9.84. The number of amides is 2. The Balaban J connectivity index is 1.49. The number of rotatable bonds is 7. The van der Waals surface area contributed by atoms with Crippen molar-refractivity contribution in [1.29, 1.82) is 0 Å². The van der Waals surface area contributed by atoms with Gasteiger partial charge in [-0.25, -0.2) is 0 Å². The van der Waals surface area contributed by atoms with Crippen molar-refractivity contribution in [2.75, 3.05) is 6.61 Å². The molecule has 0 saturated heterocycles. The first-order valence-electron chi connectivity index (χ1n) is 9.32. The van der Waals surface area contributed by atoms with Gasteiger partial charge in [-0.15, -0.1) is 0 Å². The minimum absolute atomic E-state index is 0.00822. The van der Waals surface area contributed by atoms with Crippen LogP contribution in [-0.4, -0.2) is 41.8 Å². The molecule has 1 saturated carbocycles. The molecule has 1 aromatic carbocycles. The van der Waals surface area contributed by atoms with E-state index < -0.39 is 12.2 Å². The molecule has 0 bridgehead atoms. The van der Waals surface area contributed by atoms with Crippen LogP contribution < -0.4 is 10.6 Å². The smallest absolute Gasteiger partial charge is 0.223 e. The summed E-state index contributed by atoms with van der Waals surface area (Å²) in [6.45, 7) is 0.121. The van der Waals surface area contributed by atoms with Crippen LogP contribution in [0.5, 0.6) is 0 Å². The molecule has 1 heterocycles. The van der Waals surface area contributed by atoms with E-state index in [4.69, 9.17) is 16.3 Å². The Morgan fingerprint density at radius 1 is 1.22 bits per heavy atom. The monoisotopic (exact) mass is 392 g/mol. The van der Waals surface area contributed by atoms with Crippen molar-refractivity contribution < 1.29 is 19.4 Å². The van der Waals surface area contributed by atoms with Crippen LogP contribution in [0.25, 0.3) is 0 Å². The number of aliphatic hydroxyl groups excluding tert-OH is 1. The van der Waals surface area contributed by atoms with Crippen molar-refractivity contribution in [3.63, 3.8) is 0 Å². The third kappa shape index (κ3) is 5.31. The van der Waals surface area contributed by atoms with Crippen LogP contribution in [0.2, 0.25) is 5.02 Å². The summed E-state index contributed by atoms with van der Waals surface area (Å²) in [6, 6.07) is 6.97. The Morgan fingerprint density at radius 2 is 2.00 bits per heavy atom. The van der Waals surface area contributed by atoms with Gasteiger partial charge in [0, 0.05) is 17.5 Å². The molecule has 3 atom stereocenters. The van der Waals surface area contributed by atoms with E-state index in [-0.39, 0.29) is 36.8 Å². The molecule has 7 heteroatoms. The Morgan fingerprint density at radius 3 is 2.67 bits per heavy atom. The van der Waals surface area contributed by atoms with E-state index in [1.54, 1.807) is 12.1 Å². The number of hydrogen-bond donors (Lipinski definition) is 3. The number of benzene rings is 1. The lowest BCUT2D eigenvalue weighted by Gasteiger charge is -2.33. The number of carbonyl (C=O) groups excluding carboxylic acids is 2. The molecule has 0 spiro atoms. The first-order chi connectivity index (χ1) is 13.1.